The summed E-state index contributed by atoms with van der Waals surface area (Å²) in [6.45, 7) is 5.37. The van der Waals surface area contributed by atoms with Gasteiger partial charge in [-0.25, -0.2) is 9.78 Å². The molecule has 1 saturated heterocycles. The monoisotopic (exact) mass is 417 g/mol. The number of piperidine rings is 1. The van der Waals surface area contributed by atoms with Crippen molar-refractivity contribution in [2.24, 2.45) is 5.92 Å². The molecule has 0 saturated carbocycles. The third-order valence-electron chi connectivity index (χ3n) is 5.84. The van der Waals surface area contributed by atoms with Gasteiger partial charge in [-0.3, -0.25) is 4.79 Å². The second-order valence-corrected chi connectivity index (χ2v) is 7.91. The summed E-state index contributed by atoms with van der Waals surface area (Å²) in [6.07, 6.45) is 2.88. The molecular formula is C24H23N3O4. The van der Waals surface area contributed by atoms with E-state index in [0.29, 0.717) is 42.6 Å². The molecule has 0 amide bonds. The molecule has 7 nitrogen and oxygen atoms in total. The summed E-state index contributed by atoms with van der Waals surface area (Å²) in [6, 6.07) is 10.8. The maximum absolute atomic E-state index is 12.6. The Morgan fingerprint density at radius 1 is 1.23 bits per heavy atom. The molecule has 1 aliphatic heterocycles. The number of fused-ring (bicyclic) bond motifs is 1. The molecule has 3 aromatic rings. The standard InChI is InChI=1S/C24H23N3O4/c1-15-9-20-19(11-23(28)31-21(20)10-16(15)2)14-30-24(29)18-5-7-27(8-6-18)22-4-3-17(12-25)13-26-22/h3-4,9-11,13,18H,5-8,14H2,1-2H3. The lowest BCUT2D eigenvalue weighted by Crippen LogP contribution is -2.37. The Morgan fingerprint density at radius 2 is 1.97 bits per heavy atom. The van der Waals surface area contributed by atoms with Gasteiger partial charge in [0.05, 0.1) is 11.5 Å². The van der Waals surface area contributed by atoms with E-state index >= 15 is 0 Å². The number of rotatable bonds is 4. The average molecular weight is 417 g/mol. The second-order valence-electron chi connectivity index (χ2n) is 7.91. The van der Waals surface area contributed by atoms with Crippen molar-refractivity contribution < 1.29 is 13.9 Å². The summed E-state index contributed by atoms with van der Waals surface area (Å²) in [7, 11) is 0. The molecule has 0 spiro atoms. The molecular weight excluding hydrogens is 394 g/mol. The molecule has 2 aromatic heterocycles. The molecule has 0 atom stereocenters. The summed E-state index contributed by atoms with van der Waals surface area (Å²) in [5.74, 6) is 0.363. The van der Waals surface area contributed by atoms with Crippen molar-refractivity contribution in [2.75, 3.05) is 18.0 Å². The van der Waals surface area contributed by atoms with E-state index in [1.165, 1.54) is 6.07 Å². The van der Waals surface area contributed by atoms with E-state index in [1.54, 1.807) is 12.3 Å². The summed E-state index contributed by atoms with van der Waals surface area (Å²) in [5.41, 5.74) is 3.35. The number of nitrogens with zero attached hydrogens (tertiary/aromatic N) is 3. The number of anilines is 1. The molecule has 3 heterocycles. The van der Waals surface area contributed by atoms with Gasteiger partial charge in [-0.15, -0.1) is 0 Å². The quantitative estimate of drug-likeness (QED) is 0.472. The largest absolute Gasteiger partial charge is 0.461 e. The molecule has 31 heavy (non-hydrogen) atoms. The molecule has 1 aromatic carbocycles. The highest BCUT2D eigenvalue weighted by Gasteiger charge is 2.27. The number of benzene rings is 1. The van der Waals surface area contributed by atoms with Crippen LogP contribution in [0, 0.1) is 31.1 Å². The van der Waals surface area contributed by atoms with Crippen molar-refractivity contribution in [1.29, 1.82) is 5.26 Å². The molecule has 0 N–H and O–H groups in total. The first kappa shape index (κ1) is 20.6. The zero-order chi connectivity index (χ0) is 22.0. The van der Waals surface area contributed by atoms with Crippen molar-refractivity contribution in [3.8, 4) is 6.07 Å². The van der Waals surface area contributed by atoms with E-state index in [-0.39, 0.29) is 18.5 Å². The number of pyridine rings is 1. The fourth-order valence-corrected chi connectivity index (χ4v) is 3.85. The van der Waals surface area contributed by atoms with Crippen LogP contribution in [-0.2, 0) is 16.1 Å². The van der Waals surface area contributed by atoms with Crippen LogP contribution < -0.4 is 10.5 Å². The summed E-state index contributed by atoms with van der Waals surface area (Å²) in [4.78, 5) is 31.0. The minimum absolute atomic E-state index is 0.0425. The molecule has 4 rings (SSSR count). The van der Waals surface area contributed by atoms with Crippen LogP contribution in [0.2, 0.25) is 0 Å². The van der Waals surface area contributed by atoms with Crippen LogP contribution in [0.5, 0.6) is 0 Å². The zero-order valence-electron chi connectivity index (χ0n) is 17.6. The van der Waals surface area contributed by atoms with Crippen molar-refractivity contribution in [3.05, 3.63) is 69.2 Å². The van der Waals surface area contributed by atoms with Crippen molar-refractivity contribution in [3.63, 3.8) is 0 Å². The van der Waals surface area contributed by atoms with E-state index < -0.39 is 5.63 Å². The van der Waals surface area contributed by atoms with Crippen LogP contribution in [0.1, 0.15) is 35.1 Å². The topological polar surface area (TPSA) is 96.4 Å². The molecule has 0 bridgehead atoms. The minimum Gasteiger partial charge on any atom is -0.461 e. The summed E-state index contributed by atoms with van der Waals surface area (Å²) >= 11 is 0. The molecule has 158 valence electrons. The Hall–Kier alpha value is -3.66. The third-order valence-corrected chi connectivity index (χ3v) is 5.84. The average Bonchev–Trinajstić information content (AvgIpc) is 2.78. The maximum atomic E-state index is 12.6. The Morgan fingerprint density at radius 3 is 2.65 bits per heavy atom. The Bertz CT molecular complexity index is 1220. The summed E-state index contributed by atoms with van der Waals surface area (Å²) in [5, 5.41) is 9.68. The van der Waals surface area contributed by atoms with Gasteiger partial charge in [0, 0.05) is 36.3 Å². The lowest BCUT2D eigenvalue weighted by molar-refractivity contribution is -0.150. The maximum Gasteiger partial charge on any atom is 0.336 e. The molecule has 0 unspecified atom stereocenters. The second kappa shape index (κ2) is 8.60. The van der Waals surface area contributed by atoms with Gasteiger partial charge in [-0.05, 0) is 62.1 Å². The van der Waals surface area contributed by atoms with E-state index in [9.17, 15) is 9.59 Å². The van der Waals surface area contributed by atoms with E-state index in [0.717, 1.165) is 22.3 Å². The van der Waals surface area contributed by atoms with E-state index in [4.69, 9.17) is 14.4 Å². The number of aryl methyl sites for hydroxylation is 2. The van der Waals surface area contributed by atoms with E-state index in [2.05, 4.69) is 16.0 Å². The number of carbonyl (C=O) groups excluding carboxylic acids is 1. The first-order valence-corrected chi connectivity index (χ1v) is 10.3. The molecule has 7 heteroatoms. The van der Waals surface area contributed by atoms with Crippen LogP contribution in [0.3, 0.4) is 0 Å². The number of hydrogen-bond acceptors (Lipinski definition) is 7. The lowest BCUT2D eigenvalue weighted by Gasteiger charge is -2.31. The van der Waals surface area contributed by atoms with Gasteiger partial charge in [-0.1, -0.05) is 0 Å². The number of ether oxygens (including phenoxy) is 1. The highest BCUT2D eigenvalue weighted by atomic mass is 16.5. The van der Waals surface area contributed by atoms with Gasteiger partial charge in [0.1, 0.15) is 24.1 Å². The summed E-state index contributed by atoms with van der Waals surface area (Å²) < 4.78 is 10.9. The minimum atomic E-state index is -0.454. The van der Waals surface area contributed by atoms with Gasteiger partial charge in [0.2, 0.25) is 0 Å². The van der Waals surface area contributed by atoms with Crippen LogP contribution in [0.15, 0.2) is 45.7 Å². The third kappa shape index (κ3) is 4.43. The Kier molecular flexibility index (Phi) is 5.72. The molecule has 0 aliphatic carbocycles. The van der Waals surface area contributed by atoms with Gasteiger partial charge in [0.15, 0.2) is 0 Å². The van der Waals surface area contributed by atoms with Gasteiger partial charge >= 0.3 is 11.6 Å². The Labute approximate surface area is 179 Å². The molecule has 0 radical (unpaired) electrons. The van der Waals surface area contributed by atoms with Crippen molar-refractivity contribution >= 4 is 22.8 Å². The van der Waals surface area contributed by atoms with Crippen LogP contribution in [0.4, 0.5) is 5.82 Å². The van der Waals surface area contributed by atoms with Gasteiger partial charge in [-0.2, -0.15) is 5.26 Å². The Balaban J connectivity index is 1.39. The number of carbonyl (C=O) groups is 1. The lowest BCUT2D eigenvalue weighted by atomic mass is 9.97. The highest BCUT2D eigenvalue weighted by molar-refractivity contribution is 5.82. The molecule has 1 aliphatic rings. The first-order chi connectivity index (χ1) is 14.9. The zero-order valence-corrected chi connectivity index (χ0v) is 17.6. The van der Waals surface area contributed by atoms with Gasteiger partial charge < -0.3 is 14.1 Å². The van der Waals surface area contributed by atoms with Crippen LogP contribution >= 0.6 is 0 Å². The van der Waals surface area contributed by atoms with Crippen molar-refractivity contribution in [2.45, 2.75) is 33.3 Å². The van der Waals surface area contributed by atoms with Gasteiger partial charge in [0.25, 0.3) is 0 Å². The number of nitriles is 1. The van der Waals surface area contributed by atoms with Crippen LogP contribution in [0.25, 0.3) is 11.0 Å². The number of aromatic nitrogens is 1. The fraction of sp³-hybridized carbons (Fsp3) is 0.333. The smallest absolute Gasteiger partial charge is 0.336 e. The molecule has 1 fully saturated rings. The fourth-order valence-electron chi connectivity index (χ4n) is 3.85. The van der Waals surface area contributed by atoms with Crippen molar-refractivity contribution in [1.82, 2.24) is 4.98 Å². The van der Waals surface area contributed by atoms with E-state index in [1.807, 2.05) is 32.0 Å². The normalized spacial score (nSPS) is 14.4. The number of esters is 1. The predicted molar refractivity (Wildman–Crippen MR) is 116 cm³/mol. The SMILES string of the molecule is Cc1cc2oc(=O)cc(COC(=O)C3CCN(c4ccc(C#N)cn4)CC3)c2cc1C. The van der Waals surface area contributed by atoms with Crippen LogP contribution in [-0.4, -0.2) is 24.0 Å². The predicted octanol–water partition coefficient (Wildman–Crippen LogP) is 3.64. The highest BCUT2D eigenvalue weighted by Crippen LogP contribution is 2.25. The first-order valence-electron chi connectivity index (χ1n) is 10.3. The number of hydrogen-bond donors (Lipinski definition) is 0.